The number of aliphatic hydroxyl groups is 2. The molecule has 0 unspecified atom stereocenters. The van der Waals surface area contributed by atoms with E-state index in [1.807, 2.05) is 0 Å². The van der Waals surface area contributed by atoms with Crippen molar-refractivity contribution >= 4 is 21.7 Å². The minimum Gasteiger partial charge on any atom is -0.480 e. The fourth-order valence-corrected chi connectivity index (χ4v) is 5.73. The normalized spacial score (nSPS) is 31.0. The second-order valence-corrected chi connectivity index (χ2v) is 8.58. The molecule has 3 atom stereocenters. The van der Waals surface area contributed by atoms with Crippen LogP contribution in [0.15, 0.2) is 0 Å². The van der Waals surface area contributed by atoms with Crippen LogP contribution in [0.4, 0.5) is 0 Å². The topological polar surface area (TPSA) is 163 Å². The number of sulfone groups is 1. The number of carboxylic acid groups (broad SMARTS) is 1. The molecule has 11 nitrogen and oxygen atoms in total. The van der Waals surface area contributed by atoms with Gasteiger partial charge in [0.15, 0.2) is 15.9 Å². The van der Waals surface area contributed by atoms with E-state index >= 15 is 0 Å². The van der Waals surface area contributed by atoms with Gasteiger partial charge in [0.1, 0.15) is 15.8 Å². The maximum absolute atomic E-state index is 12.8. The molecule has 0 spiro atoms. The van der Waals surface area contributed by atoms with Crippen LogP contribution in [-0.4, -0.2) is 71.7 Å². The first-order chi connectivity index (χ1) is 11.2. The molecule has 0 radical (unpaired) electrons. The van der Waals surface area contributed by atoms with E-state index in [1.165, 1.54) is 6.92 Å². The number of hydrogen-bond acceptors (Lipinski definition) is 8. The lowest BCUT2D eigenvalue weighted by Crippen LogP contribution is -2.58. The average molecular weight is 360 g/mol. The van der Waals surface area contributed by atoms with Crippen LogP contribution in [0.1, 0.15) is 24.7 Å². The van der Waals surface area contributed by atoms with Gasteiger partial charge in [0.25, 0.3) is 0 Å². The lowest BCUT2D eigenvalue weighted by molar-refractivity contribution is -0.157. The standard InChI is InChI=1S/C12H16N4O7S/c1-12(5-15-7(4-18)6(3-17)13-14-15)10(11(20)21)16-8(19)2-9(16)24(12,22)23/h9-10,17-18H,2-5H2,1H3,(H,20,21)/t9-,10+,12+/m1/s1. The first-order valence-corrected chi connectivity index (χ1v) is 8.64. The first-order valence-electron chi connectivity index (χ1n) is 7.09. The molecule has 0 aromatic carbocycles. The summed E-state index contributed by atoms with van der Waals surface area (Å²) in [5, 5.41) is 34.2. The summed E-state index contributed by atoms with van der Waals surface area (Å²) >= 11 is 0. The SMILES string of the molecule is C[C@]1(Cn2nnc(CO)c2CO)[C@H](C(=O)O)N2C(=O)C[C@H]2S1(=O)=O. The predicted octanol–water partition coefficient (Wildman–Crippen LogP) is -2.54. The van der Waals surface area contributed by atoms with Crippen LogP contribution in [0.2, 0.25) is 0 Å². The van der Waals surface area contributed by atoms with E-state index in [4.69, 9.17) is 5.11 Å². The van der Waals surface area contributed by atoms with Gasteiger partial charge in [-0.3, -0.25) is 4.79 Å². The van der Waals surface area contributed by atoms with Crippen molar-refractivity contribution in [2.75, 3.05) is 0 Å². The molecule has 2 aliphatic rings. The fraction of sp³-hybridized carbons (Fsp3) is 0.667. The average Bonchev–Trinajstić information content (AvgIpc) is 2.95. The smallest absolute Gasteiger partial charge is 0.328 e. The maximum Gasteiger partial charge on any atom is 0.328 e. The lowest BCUT2D eigenvalue weighted by Gasteiger charge is -2.35. The Balaban J connectivity index is 2.08. The van der Waals surface area contributed by atoms with Gasteiger partial charge >= 0.3 is 5.97 Å². The van der Waals surface area contributed by atoms with Gasteiger partial charge in [-0.15, -0.1) is 5.10 Å². The zero-order valence-electron chi connectivity index (χ0n) is 12.7. The molecule has 0 saturated carbocycles. The van der Waals surface area contributed by atoms with Gasteiger partial charge in [0.05, 0.1) is 31.9 Å². The number of amides is 1. The van der Waals surface area contributed by atoms with Crippen molar-refractivity contribution < 1.29 is 33.3 Å². The Morgan fingerprint density at radius 2 is 2.04 bits per heavy atom. The number of nitrogens with zero attached hydrogens (tertiary/aromatic N) is 4. The third kappa shape index (κ3) is 1.93. The number of carbonyl (C=O) groups excluding carboxylic acids is 1. The van der Waals surface area contributed by atoms with Crippen molar-refractivity contribution in [2.45, 2.75) is 49.3 Å². The Bertz CT molecular complexity index is 819. The highest BCUT2D eigenvalue weighted by Gasteiger charge is 2.70. The number of hydrogen-bond donors (Lipinski definition) is 3. The van der Waals surface area contributed by atoms with E-state index in [2.05, 4.69) is 10.3 Å². The molecule has 12 heteroatoms. The Kier molecular flexibility index (Phi) is 3.66. The molecule has 0 aliphatic carbocycles. The summed E-state index contributed by atoms with van der Waals surface area (Å²) in [6.45, 7) is -0.221. The third-order valence-corrected chi connectivity index (χ3v) is 7.49. The largest absolute Gasteiger partial charge is 0.480 e. The van der Waals surface area contributed by atoms with Crippen molar-refractivity contribution in [1.82, 2.24) is 19.9 Å². The van der Waals surface area contributed by atoms with E-state index in [9.17, 15) is 28.2 Å². The van der Waals surface area contributed by atoms with Crippen LogP contribution in [0.25, 0.3) is 0 Å². The number of rotatable bonds is 5. The highest BCUT2D eigenvalue weighted by molar-refractivity contribution is 7.93. The van der Waals surface area contributed by atoms with Gasteiger partial charge in [-0.1, -0.05) is 5.21 Å². The number of β-lactam (4-membered cyclic amide) rings is 1. The van der Waals surface area contributed by atoms with E-state index in [0.717, 1.165) is 9.58 Å². The molecule has 0 bridgehead atoms. The molecule has 3 rings (SSSR count). The van der Waals surface area contributed by atoms with Crippen molar-refractivity contribution in [3.8, 4) is 0 Å². The molecule has 24 heavy (non-hydrogen) atoms. The zero-order valence-corrected chi connectivity index (χ0v) is 13.5. The molecule has 1 aromatic rings. The van der Waals surface area contributed by atoms with Gasteiger partial charge in [-0.05, 0) is 6.92 Å². The van der Waals surface area contributed by atoms with Gasteiger partial charge < -0.3 is 20.2 Å². The number of aromatic nitrogens is 3. The number of aliphatic hydroxyl groups excluding tert-OH is 2. The summed E-state index contributed by atoms with van der Waals surface area (Å²) in [6, 6.07) is -1.55. The third-order valence-electron chi connectivity index (χ3n) is 4.73. The Morgan fingerprint density at radius 1 is 1.38 bits per heavy atom. The van der Waals surface area contributed by atoms with Crippen molar-refractivity contribution in [3.05, 3.63) is 11.4 Å². The number of fused-ring (bicyclic) bond motifs is 1. The summed E-state index contributed by atoms with van der Waals surface area (Å²) in [5.74, 6) is -1.96. The zero-order chi connectivity index (χ0) is 17.9. The van der Waals surface area contributed by atoms with Crippen molar-refractivity contribution in [2.24, 2.45) is 0 Å². The molecule has 2 aliphatic heterocycles. The molecule has 1 aromatic heterocycles. The Hall–Kier alpha value is -2.05. The predicted molar refractivity (Wildman–Crippen MR) is 75.9 cm³/mol. The Labute approximate surface area is 136 Å². The van der Waals surface area contributed by atoms with Crippen LogP contribution in [0, 0.1) is 0 Å². The van der Waals surface area contributed by atoms with Crippen LogP contribution in [0.5, 0.6) is 0 Å². The van der Waals surface area contributed by atoms with Crippen LogP contribution >= 0.6 is 0 Å². The highest BCUT2D eigenvalue weighted by Crippen LogP contribution is 2.46. The second kappa shape index (κ2) is 5.22. The van der Waals surface area contributed by atoms with Gasteiger partial charge in [-0.2, -0.15) is 0 Å². The minimum atomic E-state index is -3.98. The number of carboxylic acids is 1. The number of carbonyl (C=O) groups is 2. The van der Waals surface area contributed by atoms with Crippen molar-refractivity contribution in [3.63, 3.8) is 0 Å². The first kappa shape index (κ1) is 16.8. The van der Waals surface area contributed by atoms with Crippen LogP contribution in [0.3, 0.4) is 0 Å². The van der Waals surface area contributed by atoms with Crippen LogP contribution < -0.4 is 0 Å². The molecule has 3 heterocycles. The minimum absolute atomic E-state index is 0.0720. The Morgan fingerprint density at radius 3 is 2.54 bits per heavy atom. The van der Waals surface area contributed by atoms with Crippen molar-refractivity contribution in [1.29, 1.82) is 0 Å². The summed E-state index contributed by atoms with van der Waals surface area (Å²) in [4.78, 5) is 24.2. The summed E-state index contributed by atoms with van der Waals surface area (Å²) in [5.41, 5.74) is 0.168. The summed E-state index contributed by atoms with van der Waals surface area (Å²) in [7, 11) is -3.98. The summed E-state index contributed by atoms with van der Waals surface area (Å²) < 4.78 is 24.8. The molecular weight excluding hydrogens is 344 g/mol. The van der Waals surface area contributed by atoms with E-state index < -0.39 is 57.6 Å². The fourth-order valence-electron chi connectivity index (χ4n) is 3.38. The highest BCUT2D eigenvalue weighted by atomic mass is 32.2. The van der Waals surface area contributed by atoms with Gasteiger partial charge in [-0.25, -0.2) is 17.9 Å². The molecule has 132 valence electrons. The molecule has 2 fully saturated rings. The maximum atomic E-state index is 12.8. The number of aliphatic carboxylic acids is 1. The molecule has 3 N–H and O–H groups in total. The van der Waals surface area contributed by atoms with Gasteiger partial charge in [0, 0.05) is 0 Å². The second-order valence-electron chi connectivity index (χ2n) is 6.01. The van der Waals surface area contributed by atoms with E-state index in [0.29, 0.717) is 0 Å². The monoisotopic (exact) mass is 360 g/mol. The summed E-state index contributed by atoms with van der Waals surface area (Å²) in [6.07, 6.45) is -0.242. The lowest BCUT2D eigenvalue weighted by atomic mass is 9.96. The van der Waals surface area contributed by atoms with Gasteiger partial charge in [0.2, 0.25) is 5.91 Å². The van der Waals surface area contributed by atoms with E-state index in [-0.39, 0.29) is 17.8 Å². The molecule has 2 saturated heterocycles. The van der Waals surface area contributed by atoms with E-state index in [1.54, 1.807) is 0 Å². The molecular formula is C12H16N4O7S. The van der Waals surface area contributed by atoms with Crippen LogP contribution in [-0.2, 0) is 39.2 Å². The quantitative estimate of drug-likeness (QED) is 0.480. The molecule has 1 amide bonds.